The zero-order valence-corrected chi connectivity index (χ0v) is 12.9. The van der Waals surface area contributed by atoms with Gasteiger partial charge in [-0.05, 0) is 27.3 Å². The second-order valence-electron chi connectivity index (χ2n) is 5.49. The quantitative estimate of drug-likeness (QED) is 0.857. The third-order valence-corrected chi connectivity index (χ3v) is 3.53. The van der Waals surface area contributed by atoms with E-state index in [-0.39, 0.29) is 0 Å². The molecule has 0 saturated heterocycles. The Balaban J connectivity index is 2.66. The third-order valence-electron chi connectivity index (χ3n) is 3.13. The van der Waals surface area contributed by atoms with E-state index in [1.54, 1.807) is 0 Å². The minimum Gasteiger partial charge on any atom is -0.370 e. The van der Waals surface area contributed by atoms with Crippen LogP contribution >= 0.6 is 15.9 Å². The highest BCUT2D eigenvalue weighted by Crippen LogP contribution is 2.25. The fourth-order valence-electron chi connectivity index (χ4n) is 1.28. The first-order valence-corrected chi connectivity index (χ1v) is 6.89. The summed E-state index contributed by atoms with van der Waals surface area (Å²) >= 11 is 3.41. The van der Waals surface area contributed by atoms with Gasteiger partial charge in [0.2, 0.25) is 0 Å². The van der Waals surface area contributed by atoms with E-state index in [1.165, 1.54) is 0 Å². The van der Waals surface area contributed by atoms with E-state index in [1.807, 2.05) is 6.07 Å². The molecular weight excluding hydrogens is 278 g/mol. The first-order chi connectivity index (χ1) is 7.82. The molecule has 0 saturated carbocycles. The number of nitrogens with zero attached hydrogens (tertiary/aromatic N) is 2. The van der Waals surface area contributed by atoms with Crippen molar-refractivity contribution in [3.63, 3.8) is 0 Å². The summed E-state index contributed by atoms with van der Waals surface area (Å²) in [5.41, 5.74) is 0.310. The van der Waals surface area contributed by atoms with Gasteiger partial charge in [0.05, 0.1) is 0 Å². The largest absolute Gasteiger partial charge is 0.370 e. The predicted molar refractivity (Wildman–Crippen MR) is 76.2 cm³/mol. The van der Waals surface area contributed by atoms with Crippen LogP contribution in [0, 0.1) is 11.3 Å². The minimum absolute atomic E-state index is 0.310. The van der Waals surface area contributed by atoms with E-state index in [0.717, 1.165) is 29.2 Å². The molecule has 0 aliphatic carbocycles. The maximum Gasteiger partial charge on any atom is 0.131 e. The van der Waals surface area contributed by atoms with Crippen molar-refractivity contribution in [3.05, 3.63) is 16.5 Å². The van der Waals surface area contributed by atoms with E-state index in [0.29, 0.717) is 11.3 Å². The number of halogens is 1. The lowest BCUT2D eigenvalue weighted by Gasteiger charge is -2.27. The molecular formula is C13H22BrN3. The van der Waals surface area contributed by atoms with Crippen LogP contribution in [0.2, 0.25) is 0 Å². The van der Waals surface area contributed by atoms with Crippen molar-refractivity contribution in [1.29, 1.82) is 0 Å². The topological polar surface area (TPSA) is 37.8 Å². The molecule has 0 radical (unpaired) electrons. The fraction of sp³-hybridized carbons (Fsp3) is 0.692. The Morgan fingerprint density at radius 1 is 1.35 bits per heavy atom. The van der Waals surface area contributed by atoms with Gasteiger partial charge >= 0.3 is 0 Å². The van der Waals surface area contributed by atoms with Crippen molar-refractivity contribution in [2.24, 2.45) is 11.3 Å². The molecule has 1 atom stereocenters. The van der Waals surface area contributed by atoms with Crippen molar-refractivity contribution in [3.8, 4) is 0 Å². The SMILES string of the molecule is CCc1nc(Br)cc(NCC(C)C(C)(C)C)n1. The molecule has 0 aliphatic rings. The lowest BCUT2D eigenvalue weighted by Crippen LogP contribution is -2.25. The monoisotopic (exact) mass is 299 g/mol. The van der Waals surface area contributed by atoms with Gasteiger partial charge in [-0.15, -0.1) is 0 Å². The van der Waals surface area contributed by atoms with Gasteiger partial charge < -0.3 is 5.32 Å². The normalized spacial score (nSPS) is 13.5. The van der Waals surface area contributed by atoms with Crippen LogP contribution < -0.4 is 5.32 Å². The highest BCUT2D eigenvalue weighted by Gasteiger charge is 2.19. The molecule has 0 amide bonds. The van der Waals surface area contributed by atoms with E-state index in [9.17, 15) is 0 Å². The Labute approximate surface area is 113 Å². The summed E-state index contributed by atoms with van der Waals surface area (Å²) in [4.78, 5) is 8.75. The average molecular weight is 300 g/mol. The molecule has 1 aromatic rings. The number of hydrogen-bond donors (Lipinski definition) is 1. The number of aryl methyl sites for hydroxylation is 1. The summed E-state index contributed by atoms with van der Waals surface area (Å²) in [6, 6.07) is 1.93. The number of aromatic nitrogens is 2. The second kappa shape index (κ2) is 5.80. The summed E-state index contributed by atoms with van der Waals surface area (Å²) < 4.78 is 0.843. The number of rotatable bonds is 4. The summed E-state index contributed by atoms with van der Waals surface area (Å²) in [5, 5.41) is 3.39. The Hall–Kier alpha value is -0.640. The van der Waals surface area contributed by atoms with E-state index < -0.39 is 0 Å². The van der Waals surface area contributed by atoms with Crippen molar-refractivity contribution >= 4 is 21.7 Å². The molecule has 3 nitrogen and oxygen atoms in total. The molecule has 1 heterocycles. The van der Waals surface area contributed by atoms with E-state index >= 15 is 0 Å². The average Bonchev–Trinajstić information content (AvgIpc) is 2.23. The smallest absolute Gasteiger partial charge is 0.131 e. The van der Waals surface area contributed by atoms with Crippen molar-refractivity contribution < 1.29 is 0 Å². The van der Waals surface area contributed by atoms with Crippen LogP contribution in [0.3, 0.4) is 0 Å². The highest BCUT2D eigenvalue weighted by atomic mass is 79.9. The van der Waals surface area contributed by atoms with Crippen LogP contribution in [0.1, 0.15) is 40.4 Å². The standard InChI is InChI=1S/C13H22BrN3/c1-6-11-16-10(14)7-12(17-11)15-8-9(2)13(3,4)5/h7,9H,6,8H2,1-5H3,(H,15,16,17). The number of nitrogens with one attached hydrogen (secondary N) is 1. The molecule has 0 fully saturated rings. The lowest BCUT2D eigenvalue weighted by molar-refractivity contribution is 0.274. The minimum atomic E-state index is 0.310. The maximum atomic E-state index is 4.45. The van der Waals surface area contributed by atoms with E-state index in [2.05, 4.69) is 65.8 Å². The Morgan fingerprint density at radius 3 is 2.53 bits per heavy atom. The van der Waals surface area contributed by atoms with Gasteiger partial charge in [0.25, 0.3) is 0 Å². The summed E-state index contributed by atoms with van der Waals surface area (Å²) in [6.07, 6.45) is 0.850. The molecule has 4 heteroatoms. The summed E-state index contributed by atoms with van der Waals surface area (Å²) in [5.74, 6) is 2.35. The number of anilines is 1. The highest BCUT2D eigenvalue weighted by molar-refractivity contribution is 9.10. The zero-order chi connectivity index (χ0) is 13.1. The molecule has 1 aromatic heterocycles. The van der Waals surface area contributed by atoms with Gasteiger partial charge in [-0.1, -0.05) is 34.6 Å². The van der Waals surface area contributed by atoms with Crippen LogP contribution in [-0.4, -0.2) is 16.5 Å². The maximum absolute atomic E-state index is 4.45. The molecule has 0 spiro atoms. The van der Waals surface area contributed by atoms with Crippen molar-refractivity contribution in [2.45, 2.75) is 41.0 Å². The molecule has 0 bridgehead atoms. The molecule has 0 aromatic carbocycles. The van der Waals surface area contributed by atoms with Gasteiger partial charge in [-0.3, -0.25) is 0 Å². The zero-order valence-electron chi connectivity index (χ0n) is 11.3. The third kappa shape index (κ3) is 4.62. The van der Waals surface area contributed by atoms with Gasteiger partial charge in [0.1, 0.15) is 16.2 Å². The van der Waals surface area contributed by atoms with Gasteiger partial charge in [0, 0.05) is 19.0 Å². The first-order valence-electron chi connectivity index (χ1n) is 6.10. The van der Waals surface area contributed by atoms with E-state index in [4.69, 9.17) is 0 Å². The van der Waals surface area contributed by atoms with Crippen LogP contribution in [0.25, 0.3) is 0 Å². The Morgan fingerprint density at radius 2 is 2.00 bits per heavy atom. The first kappa shape index (κ1) is 14.4. The van der Waals surface area contributed by atoms with Crippen LogP contribution in [-0.2, 0) is 6.42 Å². The molecule has 0 aliphatic heterocycles. The van der Waals surface area contributed by atoms with Gasteiger partial charge in [-0.25, -0.2) is 9.97 Å². The fourth-order valence-corrected chi connectivity index (χ4v) is 1.70. The van der Waals surface area contributed by atoms with Crippen LogP contribution in [0.4, 0.5) is 5.82 Å². The molecule has 17 heavy (non-hydrogen) atoms. The molecule has 1 unspecified atom stereocenters. The predicted octanol–water partition coefficient (Wildman–Crippen LogP) is 3.90. The van der Waals surface area contributed by atoms with Gasteiger partial charge in [0.15, 0.2) is 0 Å². The van der Waals surface area contributed by atoms with Crippen LogP contribution in [0.15, 0.2) is 10.7 Å². The van der Waals surface area contributed by atoms with Crippen molar-refractivity contribution in [1.82, 2.24) is 9.97 Å². The van der Waals surface area contributed by atoms with Crippen molar-refractivity contribution in [2.75, 3.05) is 11.9 Å². The lowest BCUT2D eigenvalue weighted by atomic mass is 9.82. The summed E-state index contributed by atoms with van der Waals surface area (Å²) in [6.45, 7) is 12.0. The Bertz CT molecular complexity index is 371. The second-order valence-corrected chi connectivity index (χ2v) is 6.31. The number of hydrogen-bond acceptors (Lipinski definition) is 3. The van der Waals surface area contributed by atoms with Crippen LogP contribution in [0.5, 0.6) is 0 Å². The molecule has 1 N–H and O–H groups in total. The van der Waals surface area contributed by atoms with Gasteiger partial charge in [-0.2, -0.15) is 0 Å². The molecule has 1 rings (SSSR count). The molecule has 96 valence electrons. The summed E-state index contributed by atoms with van der Waals surface area (Å²) in [7, 11) is 0. The Kier molecular flexibility index (Phi) is 4.92.